The van der Waals surface area contributed by atoms with Crippen molar-refractivity contribution in [2.24, 2.45) is 0 Å². The lowest BCUT2D eigenvalue weighted by molar-refractivity contribution is -0.141. The number of aryl methyl sites for hydroxylation is 2. The van der Waals surface area contributed by atoms with Gasteiger partial charge in [0.25, 0.3) is 0 Å². The Morgan fingerprint density at radius 2 is 1.92 bits per heavy atom. The Balaban J connectivity index is 1.74. The molecule has 0 spiro atoms. The van der Waals surface area contributed by atoms with Gasteiger partial charge in [-0.1, -0.05) is 0 Å². The largest absolute Gasteiger partial charge is 0.433 e. The van der Waals surface area contributed by atoms with Gasteiger partial charge in [-0.15, -0.1) is 11.3 Å². The van der Waals surface area contributed by atoms with Crippen molar-refractivity contribution in [3.8, 4) is 11.4 Å². The van der Waals surface area contributed by atoms with Gasteiger partial charge < -0.3 is 5.32 Å². The fourth-order valence-electron chi connectivity index (χ4n) is 2.34. The SMILES string of the molecule is Cc1ncsc1CCCNc1cc(C(F)(F)F)nc(-c2ccncc2)n1. The molecule has 0 aliphatic rings. The summed E-state index contributed by atoms with van der Waals surface area (Å²) in [6, 6.07) is 4.08. The van der Waals surface area contributed by atoms with E-state index in [-0.39, 0.29) is 11.6 Å². The lowest BCUT2D eigenvalue weighted by Gasteiger charge is -2.12. The molecule has 1 N–H and O–H groups in total. The van der Waals surface area contributed by atoms with Crippen LogP contribution in [0.25, 0.3) is 11.4 Å². The topological polar surface area (TPSA) is 63.6 Å². The highest BCUT2D eigenvalue weighted by atomic mass is 32.1. The molecule has 3 heterocycles. The number of nitrogens with zero attached hydrogens (tertiary/aromatic N) is 4. The van der Waals surface area contributed by atoms with Crippen LogP contribution in [0, 0.1) is 6.92 Å². The van der Waals surface area contributed by atoms with Gasteiger partial charge in [0.15, 0.2) is 11.5 Å². The van der Waals surface area contributed by atoms with Gasteiger partial charge >= 0.3 is 6.18 Å². The first-order valence-electron chi connectivity index (χ1n) is 7.93. The molecule has 0 aliphatic heterocycles. The number of hydrogen-bond acceptors (Lipinski definition) is 6. The Morgan fingerprint density at radius 3 is 2.58 bits per heavy atom. The third-order valence-electron chi connectivity index (χ3n) is 3.69. The molecular formula is C17H16F3N5S. The number of alkyl halides is 3. The number of thiazole rings is 1. The summed E-state index contributed by atoms with van der Waals surface area (Å²) in [4.78, 5) is 17.1. The average molecular weight is 379 g/mol. The lowest BCUT2D eigenvalue weighted by atomic mass is 10.2. The van der Waals surface area contributed by atoms with Gasteiger partial charge in [-0.25, -0.2) is 15.0 Å². The van der Waals surface area contributed by atoms with E-state index in [1.54, 1.807) is 29.0 Å². The van der Waals surface area contributed by atoms with Gasteiger partial charge in [-0.05, 0) is 31.9 Å². The third kappa shape index (κ3) is 4.54. The summed E-state index contributed by atoms with van der Waals surface area (Å²) in [6.07, 6.45) is 0.0186. The van der Waals surface area contributed by atoms with Crippen molar-refractivity contribution >= 4 is 17.2 Å². The molecule has 0 radical (unpaired) electrons. The predicted molar refractivity (Wildman–Crippen MR) is 93.9 cm³/mol. The molecule has 3 aromatic heterocycles. The zero-order chi connectivity index (χ0) is 18.6. The molecule has 0 bridgehead atoms. The zero-order valence-corrected chi connectivity index (χ0v) is 14.7. The standard InChI is InChI=1S/C17H16F3N5S/c1-11-13(26-10-23-11)3-2-6-22-15-9-14(17(18,19)20)24-16(25-15)12-4-7-21-8-5-12/h4-5,7-10H,2-3,6H2,1H3,(H,22,24,25). The summed E-state index contributed by atoms with van der Waals surface area (Å²) in [5, 5.41) is 2.97. The molecule has 3 rings (SSSR count). The highest BCUT2D eigenvalue weighted by Crippen LogP contribution is 2.30. The van der Waals surface area contributed by atoms with Crippen molar-refractivity contribution in [3.63, 3.8) is 0 Å². The van der Waals surface area contributed by atoms with Crippen LogP contribution in [0.5, 0.6) is 0 Å². The van der Waals surface area contributed by atoms with Gasteiger partial charge in [-0.3, -0.25) is 4.98 Å². The average Bonchev–Trinajstić information content (AvgIpc) is 3.03. The first kappa shape index (κ1) is 18.2. The Morgan fingerprint density at radius 1 is 1.15 bits per heavy atom. The van der Waals surface area contributed by atoms with Crippen molar-refractivity contribution in [2.75, 3.05) is 11.9 Å². The molecule has 0 aliphatic carbocycles. The minimum absolute atomic E-state index is 0.0167. The second kappa shape index (κ2) is 7.77. The molecule has 0 saturated carbocycles. The predicted octanol–water partition coefficient (Wildman–Crippen LogP) is 4.37. The molecule has 0 saturated heterocycles. The summed E-state index contributed by atoms with van der Waals surface area (Å²) in [7, 11) is 0. The van der Waals surface area contributed by atoms with E-state index in [9.17, 15) is 13.2 Å². The van der Waals surface area contributed by atoms with Crippen molar-refractivity contribution in [2.45, 2.75) is 25.9 Å². The van der Waals surface area contributed by atoms with Crippen LogP contribution in [0.1, 0.15) is 22.7 Å². The highest BCUT2D eigenvalue weighted by molar-refractivity contribution is 7.09. The molecular weight excluding hydrogens is 363 g/mol. The molecule has 3 aromatic rings. The van der Waals surface area contributed by atoms with Crippen molar-refractivity contribution in [3.05, 3.63) is 52.4 Å². The minimum Gasteiger partial charge on any atom is -0.370 e. The highest BCUT2D eigenvalue weighted by Gasteiger charge is 2.33. The number of hydrogen-bond donors (Lipinski definition) is 1. The third-order valence-corrected chi connectivity index (χ3v) is 4.68. The lowest BCUT2D eigenvalue weighted by Crippen LogP contribution is -2.13. The van der Waals surface area contributed by atoms with Crippen LogP contribution in [0.4, 0.5) is 19.0 Å². The molecule has 136 valence electrons. The molecule has 5 nitrogen and oxygen atoms in total. The molecule has 0 unspecified atom stereocenters. The summed E-state index contributed by atoms with van der Waals surface area (Å²) in [5.41, 5.74) is 2.30. The molecule has 0 atom stereocenters. The molecule has 0 aromatic carbocycles. The number of anilines is 1. The van der Waals surface area contributed by atoms with Crippen LogP contribution >= 0.6 is 11.3 Å². The van der Waals surface area contributed by atoms with Gasteiger partial charge in [0, 0.05) is 35.4 Å². The van der Waals surface area contributed by atoms with Gasteiger partial charge in [0.1, 0.15) is 5.82 Å². The number of nitrogens with one attached hydrogen (secondary N) is 1. The van der Waals surface area contributed by atoms with E-state index >= 15 is 0 Å². The van der Waals surface area contributed by atoms with E-state index in [0.717, 1.165) is 24.6 Å². The van der Waals surface area contributed by atoms with E-state index in [4.69, 9.17) is 0 Å². The summed E-state index contributed by atoms with van der Waals surface area (Å²) < 4.78 is 39.4. The van der Waals surface area contributed by atoms with Gasteiger partial charge in [0.05, 0.1) is 11.2 Å². The van der Waals surface area contributed by atoms with Crippen LogP contribution in [-0.4, -0.2) is 26.5 Å². The van der Waals surface area contributed by atoms with Gasteiger partial charge in [0.2, 0.25) is 0 Å². The second-order valence-electron chi connectivity index (χ2n) is 5.59. The van der Waals surface area contributed by atoms with E-state index in [1.807, 2.05) is 6.92 Å². The van der Waals surface area contributed by atoms with E-state index in [1.165, 1.54) is 17.3 Å². The second-order valence-corrected chi connectivity index (χ2v) is 6.53. The zero-order valence-electron chi connectivity index (χ0n) is 13.9. The van der Waals surface area contributed by atoms with Gasteiger partial charge in [-0.2, -0.15) is 13.2 Å². The number of pyridine rings is 1. The first-order valence-corrected chi connectivity index (χ1v) is 8.81. The fraction of sp³-hybridized carbons (Fsp3) is 0.294. The molecule has 0 amide bonds. The number of rotatable bonds is 6. The van der Waals surface area contributed by atoms with Crippen molar-refractivity contribution in [1.82, 2.24) is 19.9 Å². The Kier molecular flexibility index (Phi) is 5.46. The normalized spacial score (nSPS) is 11.5. The van der Waals surface area contributed by atoms with Crippen LogP contribution in [0.3, 0.4) is 0 Å². The number of halogens is 3. The van der Waals surface area contributed by atoms with Crippen molar-refractivity contribution < 1.29 is 13.2 Å². The smallest absolute Gasteiger partial charge is 0.370 e. The van der Waals surface area contributed by atoms with E-state index < -0.39 is 11.9 Å². The van der Waals surface area contributed by atoms with Crippen LogP contribution in [0.2, 0.25) is 0 Å². The monoisotopic (exact) mass is 379 g/mol. The molecule has 26 heavy (non-hydrogen) atoms. The maximum Gasteiger partial charge on any atom is 0.433 e. The number of aromatic nitrogens is 4. The minimum atomic E-state index is -4.54. The van der Waals surface area contributed by atoms with E-state index in [2.05, 4.69) is 25.3 Å². The van der Waals surface area contributed by atoms with Crippen LogP contribution < -0.4 is 5.32 Å². The molecule has 9 heteroatoms. The fourth-order valence-corrected chi connectivity index (χ4v) is 3.17. The Bertz CT molecular complexity index is 864. The summed E-state index contributed by atoms with van der Waals surface area (Å²) in [6.45, 7) is 2.45. The Hall–Kier alpha value is -2.55. The van der Waals surface area contributed by atoms with Crippen LogP contribution in [0.15, 0.2) is 36.1 Å². The quantitative estimate of drug-likeness (QED) is 0.645. The first-order chi connectivity index (χ1) is 12.4. The molecule has 0 fully saturated rings. The Labute approximate surface area is 152 Å². The maximum absolute atomic E-state index is 13.1. The van der Waals surface area contributed by atoms with Crippen LogP contribution in [-0.2, 0) is 12.6 Å². The maximum atomic E-state index is 13.1. The van der Waals surface area contributed by atoms with E-state index in [0.29, 0.717) is 12.1 Å². The van der Waals surface area contributed by atoms with Crippen molar-refractivity contribution in [1.29, 1.82) is 0 Å². The summed E-state index contributed by atoms with van der Waals surface area (Å²) in [5.74, 6) is 0.170. The summed E-state index contributed by atoms with van der Waals surface area (Å²) >= 11 is 1.58.